The van der Waals surface area contributed by atoms with Gasteiger partial charge in [-0.2, -0.15) is 4.31 Å². The molecule has 0 aliphatic carbocycles. The van der Waals surface area contributed by atoms with Gasteiger partial charge >= 0.3 is 0 Å². The Balaban J connectivity index is 3.17. The third-order valence-corrected chi connectivity index (χ3v) is 5.86. The van der Waals surface area contributed by atoms with Crippen molar-refractivity contribution in [1.82, 2.24) is 9.29 Å². The van der Waals surface area contributed by atoms with Crippen molar-refractivity contribution in [3.8, 4) is 0 Å². The lowest BCUT2D eigenvalue weighted by atomic mass is 10.2. The summed E-state index contributed by atoms with van der Waals surface area (Å²) in [5, 5.41) is 0.251. The van der Waals surface area contributed by atoms with Crippen LogP contribution in [0, 0.1) is 0 Å². The van der Waals surface area contributed by atoms with Gasteiger partial charge < -0.3 is 0 Å². The molecule has 7 heteroatoms. The van der Waals surface area contributed by atoms with Crippen LogP contribution in [0.5, 0.6) is 0 Å². The Morgan fingerprint density at radius 3 is 2.50 bits per heavy atom. The Hall–Kier alpha value is -0.360. The van der Waals surface area contributed by atoms with E-state index in [0.29, 0.717) is 6.54 Å². The van der Waals surface area contributed by atoms with Crippen LogP contribution in [0.4, 0.5) is 0 Å². The van der Waals surface area contributed by atoms with Crippen LogP contribution in [0.15, 0.2) is 17.2 Å². The maximum Gasteiger partial charge on any atom is 0.244 e. The van der Waals surface area contributed by atoms with E-state index in [4.69, 9.17) is 23.2 Å². The van der Waals surface area contributed by atoms with Gasteiger partial charge in [0.15, 0.2) is 0 Å². The van der Waals surface area contributed by atoms with Crippen LogP contribution < -0.4 is 0 Å². The van der Waals surface area contributed by atoms with Crippen LogP contribution in [0.1, 0.15) is 40.0 Å². The molecule has 0 aliphatic heterocycles. The van der Waals surface area contributed by atoms with Crippen molar-refractivity contribution in [2.45, 2.75) is 51.0 Å². The smallest absolute Gasteiger partial charge is 0.242 e. The number of unbranched alkanes of at least 4 members (excludes halogenated alkanes) is 1. The first-order valence-corrected chi connectivity index (χ1v) is 8.87. The van der Waals surface area contributed by atoms with E-state index >= 15 is 0 Å². The van der Waals surface area contributed by atoms with Gasteiger partial charge in [0, 0.05) is 18.8 Å². The lowest BCUT2D eigenvalue weighted by Gasteiger charge is -2.27. The molecule has 1 rings (SSSR count). The van der Waals surface area contributed by atoms with E-state index in [1.54, 1.807) is 0 Å². The van der Waals surface area contributed by atoms with Crippen molar-refractivity contribution in [1.29, 1.82) is 0 Å². The Labute approximate surface area is 131 Å². The molecule has 1 atom stereocenters. The van der Waals surface area contributed by atoms with Gasteiger partial charge in [0.1, 0.15) is 10.0 Å². The molecule has 20 heavy (non-hydrogen) atoms. The van der Waals surface area contributed by atoms with Crippen molar-refractivity contribution < 1.29 is 8.42 Å². The van der Waals surface area contributed by atoms with E-state index in [0.717, 1.165) is 19.3 Å². The molecule has 0 fully saturated rings. The molecule has 0 aliphatic rings. The Bertz CT molecular complexity index is 549. The van der Waals surface area contributed by atoms with Crippen LogP contribution in [-0.4, -0.2) is 30.3 Å². The number of pyridine rings is 1. The maximum atomic E-state index is 12.7. The van der Waals surface area contributed by atoms with Gasteiger partial charge in [0.2, 0.25) is 10.0 Å². The highest BCUT2D eigenvalue weighted by Crippen LogP contribution is 2.25. The number of sulfonamides is 1. The molecule has 0 saturated heterocycles. The fourth-order valence-electron chi connectivity index (χ4n) is 1.78. The molecule has 1 aromatic heterocycles. The molecule has 1 heterocycles. The molecule has 114 valence electrons. The summed E-state index contributed by atoms with van der Waals surface area (Å²) in [7, 11) is -3.60. The molecule has 4 nitrogen and oxygen atoms in total. The van der Waals surface area contributed by atoms with Crippen molar-refractivity contribution >= 4 is 33.2 Å². The van der Waals surface area contributed by atoms with Gasteiger partial charge in [0.25, 0.3) is 0 Å². The predicted molar refractivity (Wildman–Crippen MR) is 82.8 cm³/mol. The molecule has 0 saturated carbocycles. The fourth-order valence-corrected chi connectivity index (χ4v) is 3.83. The van der Waals surface area contributed by atoms with Crippen LogP contribution in [0.3, 0.4) is 0 Å². The largest absolute Gasteiger partial charge is 0.244 e. The summed E-state index contributed by atoms with van der Waals surface area (Å²) in [6.45, 7) is 6.39. The van der Waals surface area contributed by atoms with Crippen LogP contribution in [0.25, 0.3) is 0 Å². The highest BCUT2D eigenvalue weighted by atomic mass is 35.5. The number of hydrogen-bond donors (Lipinski definition) is 0. The zero-order valence-corrected chi connectivity index (χ0v) is 14.3. The van der Waals surface area contributed by atoms with Gasteiger partial charge in [-0.3, -0.25) is 0 Å². The number of halogens is 2. The second-order valence-corrected chi connectivity index (χ2v) is 7.33. The van der Waals surface area contributed by atoms with Gasteiger partial charge in [-0.25, -0.2) is 13.4 Å². The zero-order chi connectivity index (χ0) is 15.3. The lowest BCUT2D eigenvalue weighted by Crippen LogP contribution is -2.39. The van der Waals surface area contributed by atoms with Gasteiger partial charge in [-0.05, 0) is 25.8 Å². The second kappa shape index (κ2) is 7.59. The molecule has 0 bridgehead atoms. The summed E-state index contributed by atoms with van der Waals surface area (Å²) < 4.78 is 26.9. The third-order valence-electron chi connectivity index (χ3n) is 3.19. The second-order valence-electron chi connectivity index (χ2n) is 4.67. The molecule has 0 spiro atoms. The summed E-state index contributed by atoms with van der Waals surface area (Å²) in [4.78, 5) is 3.91. The van der Waals surface area contributed by atoms with E-state index in [-0.39, 0.29) is 21.1 Å². The molecule has 0 amide bonds. The molecule has 1 aromatic rings. The lowest BCUT2D eigenvalue weighted by molar-refractivity contribution is 0.324. The molecule has 0 radical (unpaired) electrons. The van der Waals surface area contributed by atoms with Gasteiger partial charge in [-0.15, -0.1) is 0 Å². The molecule has 0 N–H and O–H groups in total. The summed E-state index contributed by atoms with van der Waals surface area (Å²) >= 11 is 11.6. The summed E-state index contributed by atoms with van der Waals surface area (Å²) in [5.41, 5.74) is 0. The molecular formula is C13H20Cl2N2O2S. The zero-order valence-electron chi connectivity index (χ0n) is 11.9. The van der Waals surface area contributed by atoms with Crippen LogP contribution in [0.2, 0.25) is 10.2 Å². The van der Waals surface area contributed by atoms with Gasteiger partial charge in [-0.1, -0.05) is 43.5 Å². The van der Waals surface area contributed by atoms with E-state index < -0.39 is 10.0 Å². The minimum atomic E-state index is -3.60. The minimum absolute atomic E-state index is 0.0685. The summed E-state index contributed by atoms with van der Waals surface area (Å²) in [6, 6.07) is 1.29. The Morgan fingerprint density at radius 1 is 1.35 bits per heavy atom. The van der Waals surface area contributed by atoms with E-state index in [2.05, 4.69) is 4.98 Å². The summed E-state index contributed by atoms with van der Waals surface area (Å²) in [5.74, 6) is 0. The Kier molecular flexibility index (Phi) is 6.72. The maximum absolute atomic E-state index is 12.7. The molecule has 0 aromatic carbocycles. The number of aromatic nitrogens is 1. The van der Waals surface area contributed by atoms with Crippen molar-refractivity contribution in [2.75, 3.05) is 6.54 Å². The van der Waals surface area contributed by atoms with E-state index in [1.807, 2.05) is 20.8 Å². The molecule has 1 unspecified atom stereocenters. The predicted octanol–water partition coefficient (Wildman–Crippen LogP) is 3.98. The number of hydrogen-bond acceptors (Lipinski definition) is 3. The third kappa shape index (κ3) is 4.07. The quantitative estimate of drug-likeness (QED) is 0.706. The first-order valence-electron chi connectivity index (χ1n) is 6.67. The van der Waals surface area contributed by atoms with E-state index in [9.17, 15) is 8.42 Å². The normalized spacial score (nSPS) is 13.7. The summed E-state index contributed by atoms with van der Waals surface area (Å²) in [6.07, 6.45) is 3.75. The first kappa shape index (κ1) is 17.7. The monoisotopic (exact) mass is 338 g/mol. The number of nitrogens with zero attached hydrogens (tertiary/aromatic N) is 2. The SMILES string of the molecule is CCCCN(C(C)CC)S(=O)(=O)c1cnc(Cl)c(Cl)c1. The average Bonchev–Trinajstić information content (AvgIpc) is 2.41. The van der Waals surface area contributed by atoms with Crippen LogP contribution in [-0.2, 0) is 10.0 Å². The minimum Gasteiger partial charge on any atom is -0.242 e. The number of rotatable bonds is 7. The highest BCUT2D eigenvalue weighted by molar-refractivity contribution is 7.89. The highest BCUT2D eigenvalue weighted by Gasteiger charge is 2.28. The van der Waals surface area contributed by atoms with Crippen molar-refractivity contribution in [3.05, 3.63) is 22.4 Å². The average molecular weight is 339 g/mol. The topological polar surface area (TPSA) is 50.3 Å². The standard InChI is InChI=1S/C13H20Cl2N2O2S/c1-4-6-7-17(10(3)5-2)20(18,19)11-8-12(14)13(15)16-9-11/h8-10H,4-7H2,1-3H3. The van der Waals surface area contributed by atoms with Crippen molar-refractivity contribution in [3.63, 3.8) is 0 Å². The first-order chi connectivity index (χ1) is 9.34. The van der Waals surface area contributed by atoms with Crippen LogP contribution >= 0.6 is 23.2 Å². The molecular weight excluding hydrogens is 319 g/mol. The fraction of sp³-hybridized carbons (Fsp3) is 0.615. The van der Waals surface area contributed by atoms with Crippen molar-refractivity contribution in [2.24, 2.45) is 0 Å². The Morgan fingerprint density at radius 2 is 2.00 bits per heavy atom. The van der Waals surface area contributed by atoms with E-state index in [1.165, 1.54) is 16.6 Å². The van der Waals surface area contributed by atoms with Gasteiger partial charge in [0.05, 0.1) is 5.02 Å².